The third-order valence-electron chi connectivity index (χ3n) is 1.22. The van der Waals surface area contributed by atoms with Crippen LogP contribution in [-0.2, 0) is 0 Å². The van der Waals surface area contributed by atoms with Crippen LogP contribution in [0.15, 0.2) is 12.3 Å². The smallest absolute Gasteiger partial charge is 0.0562 e. The molecule has 2 heteroatoms. The molecule has 0 aliphatic heterocycles. The third kappa shape index (κ3) is 3.03. The monoisotopic (exact) mass is 152 g/mol. The lowest BCUT2D eigenvalue weighted by Crippen LogP contribution is -1.71. The number of aryl methyl sites for hydroxylation is 1. The van der Waals surface area contributed by atoms with Gasteiger partial charge in [-0.3, -0.25) is 5.10 Å². The normalized spacial score (nSPS) is 9.45. The van der Waals surface area contributed by atoms with Crippen LogP contribution >= 0.6 is 0 Å². The van der Waals surface area contributed by atoms with Crippen molar-refractivity contribution in [3.05, 3.63) is 23.5 Å². The Hall–Kier alpha value is -1.05. The predicted octanol–water partition coefficient (Wildman–Crippen LogP) is 2.78. The van der Waals surface area contributed by atoms with Gasteiger partial charge in [-0.25, -0.2) is 0 Å². The fourth-order valence-electron chi connectivity index (χ4n) is 0.708. The van der Waals surface area contributed by atoms with E-state index in [2.05, 4.69) is 10.2 Å². The number of H-pyrrole nitrogens is 1. The molecule has 0 unspecified atom stereocenters. The minimum absolute atomic E-state index is 1.12. The highest BCUT2D eigenvalue weighted by Gasteiger charge is 1.91. The van der Waals surface area contributed by atoms with Crippen LogP contribution < -0.4 is 0 Å². The van der Waals surface area contributed by atoms with E-state index < -0.39 is 0 Å². The van der Waals surface area contributed by atoms with Gasteiger partial charge in [0.05, 0.1) is 6.20 Å². The first-order valence-corrected chi connectivity index (χ1v) is 3.97. The number of aromatic nitrogens is 2. The summed E-state index contributed by atoms with van der Waals surface area (Å²) in [5.74, 6) is 0. The van der Waals surface area contributed by atoms with E-state index in [1.54, 1.807) is 0 Å². The molecular weight excluding hydrogens is 136 g/mol. The lowest BCUT2D eigenvalue weighted by molar-refractivity contribution is 1.05. The topological polar surface area (TPSA) is 28.7 Å². The van der Waals surface area contributed by atoms with Gasteiger partial charge in [0, 0.05) is 11.3 Å². The van der Waals surface area contributed by atoms with Gasteiger partial charge >= 0.3 is 0 Å². The minimum Gasteiger partial charge on any atom is -0.282 e. The molecule has 0 radical (unpaired) electrons. The van der Waals surface area contributed by atoms with Crippen LogP contribution in [0.5, 0.6) is 0 Å². The summed E-state index contributed by atoms with van der Waals surface area (Å²) in [5.41, 5.74) is 2.28. The van der Waals surface area contributed by atoms with Gasteiger partial charge in [-0.1, -0.05) is 26.0 Å². The van der Waals surface area contributed by atoms with E-state index in [9.17, 15) is 0 Å². The molecule has 11 heavy (non-hydrogen) atoms. The van der Waals surface area contributed by atoms with Crippen molar-refractivity contribution in [3.8, 4) is 0 Å². The summed E-state index contributed by atoms with van der Waals surface area (Å²) in [7, 11) is 0. The zero-order valence-electron chi connectivity index (χ0n) is 7.68. The van der Waals surface area contributed by atoms with E-state index in [4.69, 9.17) is 0 Å². The largest absolute Gasteiger partial charge is 0.282 e. The molecule has 0 bridgehead atoms. The zero-order valence-corrected chi connectivity index (χ0v) is 7.68. The number of rotatable bonds is 1. The zero-order chi connectivity index (χ0) is 8.69. The standard InChI is InChI=1S/C7H10N2.C2H6/c1-3-4-7-5-8-9-6(7)2;1-2/h3-5H,1-2H3,(H,8,9);1-2H3/b4-3-;. The molecule has 1 N–H and O–H groups in total. The average molecular weight is 152 g/mol. The molecule has 0 aliphatic rings. The SMILES string of the molecule is C/C=C\c1cn[nH]c1C.CC. The number of allylic oxidation sites excluding steroid dienone is 1. The van der Waals surface area contributed by atoms with Gasteiger partial charge in [0.15, 0.2) is 0 Å². The Balaban J connectivity index is 0.000000461. The van der Waals surface area contributed by atoms with E-state index >= 15 is 0 Å². The molecule has 1 heterocycles. The number of hydrogen-bond acceptors (Lipinski definition) is 1. The highest BCUT2D eigenvalue weighted by molar-refractivity contribution is 5.49. The lowest BCUT2D eigenvalue weighted by atomic mass is 10.2. The summed E-state index contributed by atoms with van der Waals surface area (Å²) in [6.45, 7) is 7.99. The molecule has 0 aliphatic carbocycles. The second-order valence-corrected chi connectivity index (χ2v) is 1.95. The average Bonchev–Trinajstić information content (AvgIpc) is 2.42. The Bertz CT molecular complexity index is 211. The van der Waals surface area contributed by atoms with Crippen LogP contribution in [0, 0.1) is 6.92 Å². The Morgan fingerprint density at radius 3 is 2.45 bits per heavy atom. The summed E-state index contributed by atoms with van der Waals surface area (Å²) >= 11 is 0. The summed E-state index contributed by atoms with van der Waals surface area (Å²) in [5, 5.41) is 6.72. The lowest BCUT2D eigenvalue weighted by Gasteiger charge is -1.83. The van der Waals surface area contributed by atoms with Gasteiger partial charge in [0.2, 0.25) is 0 Å². The van der Waals surface area contributed by atoms with Crippen LogP contribution in [0.1, 0.15) is 32.0 Å². The van der Waals surface area contributed by atoms with Gasteiger partial charge < -0.3 is 0 Å². The highest BCUT2D eigenvalue weighted by Crippen LogP contribution is 2.03. The Kier molecular flexibility index (Phi) is 5.17. The number of aromatic amines is 1. The molecule has 0 amide bonds. The molecule has 0 aromatic carbocycles. The van der Waals surface area contributed by atoms with Crippen molar-refractivity contribution in [2.75, 3.05) is 0 Å². The predicted molar refractivity (Wildman–Crippen MR) is 49.4 cm³/mol. The quantitative estimate of drug-likeness (QED) is 0.658. The molecule has 1 aromatic heterocycles. The summed E-state index contributed by atoms with van der Waals surface area (Å²) in [6.07, 6.45) is 5.84. The van der Waals surface area contributed by atoms with Crippen molar-refractivity contribution < 1.29 is 0 Å². The van der Waals surface area contributed by atoms with Crippen molar-refractivity contribution in [2.24, 2.45) is 0 Å². The second kappa shape index (κ2) is 5.71. The van der Waals surface area contributed by atoms with Crippen molar-refractivity contribution in [3.63, 3.8) is 0 Å². The molecule has 1 aromatic rings. The van der Waals surface area contributed by atoms with E-state index in [1.165, 1.54) is 0 Å². The van der Waals surface area contributed by atoms with Gasteiger partial charge in [-0.15, -0.1) is 0 Å². The number of hydrogen-bond donors (Lipinski definition) is 1. The molecule has 1 rings (SSSR count). The van der Waals surface area contributed by atoms with E-state index in [-0.39, 0.29) is 0 Å². The number of nitrogens with zero attached hydrogens (tertiary/aromatic N) is 1. The fourth-order valence-corrected chi connectivity index (χ4v) is 0.708. The van der Waals surface area contributed by atoms with Gasteiger partial charge in [0.1, 0.15) is 0 Å². The summed E-state index contributed by atoms with van der Waals surface area (Å²) in [4.78, 5) is 0. The Morgan fingerprint density at radius 2 is 2.09 bits per heavy atom. The Morgan fingerprint density at radius 1 is 1.45 bits per heavy atom. The van der Waals surface area contributed by atoms with Crippen molar-refractivity contribution in [2.45, 2.75) is 27.7 Å². The summed E-state index contributed by atoms with van der Waals surface area (Å²) < 4.78 is 0. The van der Waals surface area contributed by atoms with Gasteiger partial charge in [-0.2, -0.15) is 5.10 Å². The van der Waals surface area contributed by atoms with Crippen molar-refractivity contribution in [1.29, 1.82) is 0 Å². The maximum atomic E-state index is 3.86. The fraction of sp³-hybridized carbons (Fsp3) is 0.444. The molecule has 0 spiro atoms. The first-order valence-electron chi connectivity index (χ1n) is 3.97. The molecule has 2 nitrogen and oxygen atoms in total. The van der Waals surface area contributed by atoms with E-state index in [0.29, 0.717) is 0 Å². The molecule has 0 saturated carbocycles. The van der Waals surface area contributed by atoms with Crippen LogP contribution in [0.3, 0.4) is 0 Å². The molecule has 62 valence electrons. The van der Waals surface area contributed by atoms with Crippen molar-refractivity contribution in [1.82, 2.24) is 10.2 Å². The van der Waals surface area contributed by atoms with Crippen LogP contribution in [0.4, 0.5) is 0 Å². The van der Waals surface area contributed by atoms with Crippen LogP contribution in [0.2, 0.25) is 0 Å². The van der Waals surface area contributed by atoms with E-state index in [0.717, 1.165) is 11.3 Å². The highest BCUT2D eigenvalue weighted by atomic mass is 15.1. The molecule has 0 fully saturated rings. The summed E-state index contributed by atoms with van der Waals surface area (Å²) in [6, 6.07) is 0. The van der Waals surface area contributed by atoms with Crippen molar-refractivity contribution >= 4 is 6.08 Å². The van der Waals surface area contributed by atoms with Gasteiger partial charge in [-0.05, 0) is 13.8 Å². The second-order valence-electron chi connectivity index (χ2n) is 1.95. The molecule has 0 saturated heterocycles. The van der Waals surface area contributed by atoms with Crippen LogP contribution in [-0.4, -0.2) is 10.2 Å². The third-order valence-corrected chi connectivity index (χ3v) is 1.22. The Labute approximate surface area is 68.3 Å². The maximum Gasteiger partial charge on any atom is 0.0562 e. The van der Waals surface area contributed by atoms with Crippen LogP contribution in [0.25, 0.3) is 6.08 Å². The van der Waals surface area contributed by atoms with Gasteiger partial charge in [0.25, 0.3) is 0 Å². The van der Waals surface area contributed by atoms with E-state index in [1.807, 2.05) is 46.0 Å². The molecular formula is C9H16N2. The molecule has 0 atom stereocenters. The maximum absolute atomic E-state index is 3.86. The minimum atomic E-state index is 1.12. The number of nitrogens with one attached hydrogen (secondary N) is 1. The first-order chi connectivity index (χ1) is 5.34. The first kappa shape index (κ1) is 9.95.